The predicted molar refractivity (Wildman–Crippen MR) is 156 cm³/mol. The maximum atomic E-state index is 13.7. The molecule has 1 atom stereocenters. The van der Waals surface area contributed by atoms with Crippen LogP contribution in [0.15, 0.2) is 72.8 Å². The van der Waals surface area contributed by atoms with Crippen molar-refractivity contribution < 1.29 is 9.59 Å². The van der Waals surface area contributed by atoms with Gasteiger partial charge in [0.1, 0.15) is 6.04 Å². The zero-order chi connectivity index (χ0) is 26.5. The number of rotatable bonds is 9. The van der Waals surface area contributed by atoms with Crippen molar-refractivity contribution in [2.75, 3.05) is 35.8 Å². The first-order chi connectivity index (χ1) is 17.8. The van der Waals surface area contributed by atoms with Gasteiger partial charge in [0.2, 0.25) is 5.91 Å². The minimum Gasteiger partial charge on any atom is -0.378 e. The third-order valence-electron chi connectivity index (χ3n) is 6.55. The number of benzene rings is 3. The van der Waals surface area contributed by atoms with Gasteiger partial charge in [-0.15, -0.1) is 0 Å². The normalized spacial score (nSPS) is 15.3. The molecule has 0 radical (unpaired) electrons. The minimum atomic E-state index is -0.710. The van der Waals surface area contributed by atoms with Crippen molar-refractivity contribution >= 4 is 57.8 Å². The molecule has 1 saturated heterocycles. The quantitative estimate of drug-likeness (QED) is 0.365. The van der Waals surface area contributed by atoms with Crippen LogP contribution in [0.4, 0.5) is 17.1 Å². The molecule has 1 N–H and O–H groups in total. The summed E-state index contributed by atoms with van der Waals surface area (Å²) in [6, 6.07) is 22.3. The maximum absolute atomic E-state index is 13.7. The average Bonchev–Trinajstić information content (AvgIpc) is 3.12. The van der Waals surface area contributed by atoms with Gasteiger partial charge in [-0.2, -0.15) is 0 Å². The van der Waals surface area contributed by atoms with Crippen LogP contribution in [-0.4, -0.2) is 48.5 Å². The fraction of sp³-hybridized carbons (Fsp3) is 0.276. The fourth-order valence-electron chi connectivity index (χ4n) is 4.38. The largest absolute Gasteiger partial charge is 0.378 e. The number of carbonyl (C=O) groups is 2. The molecule has 1 heterocycles. The van der Waals surface area contributed by atoms with Crippen LogP contribution in [0.3, 0.4) is 0 Å². The summed E-state index contributed by atoms with van der Waals surface area (Å²) < 4.78 is 0. The molecule has 0 spiro atoms. The van der Waals surface area contributed by atoms with Crippen molar-refractivity contribution in [2.24, 2.45) is 0 Å². The van der Waals surface area contributed by atoms with E-state index in [0.717, 1.165) is 17.7 Å². The third kappa shape index (κ3) is 6.12. The summed E-state index contributed by atoms with van der Waals surface area (Å²) in [6.45, 7) is 2.54. The lowest BCUT2D eigenvalue weighted by Gasteiger charge is -2.24. The van der Waals surface area contributed by atoms with Crippen LogP contribution in [0.25, 0.3) is 0 Å². The molecular formula is C29H31ClN4O2S. The predicted octanol–water partition coefficient (Wildman–Crippen LogP) is 5.54. The summed E-state index contributed by atoms with van der Waals surface area (Å²) >= 11 is 12.2. The Morgan fingerprint density at radius 1 is 1.03 bits per heavy atom. The molecule has 3 aromatic carbocycles. The van der Waals surface area contributed by atoms with Gasteiger partial charge in [-0.3, -0.25) is 14.5 Å². The Labute approximate surface area is 228 Å². The van der Waals surface area contributed by atoms with Gasteiger partial charge in [-0.05, 0) is 78.7 Å². The lowest BCUT2D eigenvalue weighted by molar-refractivity contribution is -0.124. The molecule has 37 heavy (non-hydrogen) atoms. The second-order valence-corrected chi connectivity index (χ2v) is 9.99. The summed E-state index contributed by atoms with van der Waals surface area (Å²) in [5.74, 6) is -0.448. The van der Waals surface area contributed by atoms with E-state index in [4.69, 9.17) is 23.8 Å². The van der Waals surface area contributed by atoms with E-state index in [2.05, 4.69) is 12.2 Å². The number of aryl methyl sites for hydroxylation is 1. The van der Waals surface area contributed by atoms with Crippen LogP contribution < -0.4 is 15.1 Å². The number of nitrogens with zero attached hydrogens (tertiary/aromatic N) is 3. The summed E-state index contributed by atoms with van der Waals surface area (Å²) in [5.41, 5.74) is 4.56. The van der Waals surface area contributed by atoms with E-state index in [0.29, 0.717) is 34.5 Å². The van der Waals surface area contributed by atoms with Gasteiger partial charge in [-0.25, -0.2) is 0 Å². The number of carbonyl (C=O) groups excluding carboxylic acids is 2. The summed E-state index contributed by atoms with van der Waals surface area (Å²) in [4.78, 5) is 32.1. The number of thiocarbonyl (C=S) groups is 1. The molecule has 0 bridgehead atoms. The molecule has 6 nitrogen and oxygen atoms in total. The highest BCUT2D eigenvalue weighted by Crippen LogP contribution is 2.29. The lowest BCUT2D eigenvalue weighted by Crippen LogP contribution is -2.39. The number of hydrogen-bond acceptors (Lipinski definition) is 4. The van der Waals surface area contributed by atoms with Crippen molar-refractivity contribution in [1.29, 1.82) is 0 Å². The van der Waals surface area contributed by atoms with Crippen LogP contribution in [0.2, 0.25) is 5.02 Å². The Balaban J connectivity index is 1.56. The Kier molecular flexibility index (Phi) is 8.46. The lowest BCUT2D eigenvalue weighted by atomic mass is 10.1. The summed E-state index contributed by atoms with van der Waals surface area (Å²) in [7, 11) is 3.92. The van der Waals surface area contributed by atoms with Gasteiger partial charge >= 0.3 is 0 Å². The monoisotopic (exact) mass is 534 g/mol. The van der Waals surface area contributed by atoms with Gasteiger partial charge < -0.3 is 15.1 Å². The SMILES string of the molecule is CCc1ccc(NC(=O)C[C@H]2C(=O)N(c3ccc(N(C)C)cc3)C(=S)N2CCc2ccccc2Cl)cc1. The van der Waals surface area contributed by atoms with Crippen LogP contribution >= 0.6 is 23.8 Å². The Morgan fingerprint density at radius 2 is 1.70 bits per heavy atom. The molecule has 1 fully saturated rings. The molecule has 1 aliphatic rings. The summed E-state index contributed by atoms with van der Waals surface area (Å²) in [6.07, 6.45) is 1.51. The first-order valence-electron chi connectivity index (χ1n) is 12.3. The van der Waals surface area contributed by atoms with Crippen molar-refractivity contribution in [3.8, 4) is 0 Å². The smallest absolute Gasteiger partial charge is 0.256 e. The Hall–Kier alpha value is -3.42. The molecule has 8 heteroatoms. The van der Waals surface area contributed by atoms with E-state index in [1.54, 1.807) is 0 Å². The average molecular weight is 535 g/mol. The Morgan fingerprint density at radius 3 is 2.32 bits per heavy atom. The molecule has 0 unspecified atom stereocenters. The highest BCUT2D eigenvalue weighted by molar-refractivity contribution is 7.80. The topological polar surface area (TPSA) is 55.9 Å². The van der Waals surface area contributed by atoms with Crippen LogP contribution in [0.1, 0.15) is 24.5 Å². The van der Waals surface area contributed by atoms with Gasteiger partial charge in [0.15, 0.2) is 5.11 Å². The summed E-state index contributed by atoms with van der Waals surface area (Å²) in [5, 5.41) is 3.98. The molecule has 0 saturated carbocycles. The molecular weight excluding hydrogens is 504 g/mol. The van der Waals surface area contributed by atoms with Crippen LogP contribution in [-0.2, 0) is 22.4 Å². The minimum absolute atomic E-state index is 0.0106. The fourth-order valence-corrected chi connectivity index (χ4v) is 5.02. The number of amides is 2. The van der Waals surface area contributed by atoms with Crippen molar-refractivity contribution in [2.45, 2.75) is 32.2 Å². The van der Waals surface area contributed by atoms with Gasteiger partial charge in [0, 0.05) is 37.0 Å². The third-order valence-corrected chi connectivity index (χ3v) is 7.33. The zero-order valence-electron chi connectivity index (χ0n) is 21.3. The zero-order valence-corrected chi connectivity index (χ0v) is 22.9. The van der Waals surface area contributed by atoms with Gasteiger partial charge in [0.05, 0.1) is 12.1 Å². The van der Waals surface area contributed by atoms with Gasteiger partial charge in [0.25, 0.3) is 5.91 Å². The Bertz CT molecular complexity index is 1280. The maximum Gasteiger partial charge on any atom is 0.256 e. The standard InChI is InChI=1S/C29H31ClN4O2S/c1-4-20-9-11-22(12-10-20)31-27(35)19-26-28(36)34(24-15-13-23(14-16-24)32(2)3)29(37)33(26)18-17-21-7-5-6-8-25(21)30/h5-16,26H,4,17-19H2,1-3H3,(H,31,35)/t26-/m0/s1. The second kappa shape index (κ2) is 11.8. The first kappa shape index (κ1) is 26.6. The first-order valence-corrected chi connectivity index (χ1v) is 13.1. The number of anilines is 3. The molecule has 2 amide bonds. The molecule has 3 aromatic rings. The molecule has 192 valence electrons. The second-order valence-electron chi connectivity index (χ2n) is 9.22. The van der Waals surface area contributed by atoms with E-state index in [9.17, 15) is 9.59 Å². The molecule has 4 rings (SSSR count). The molecule has 0 aliphatic carbocycles. The van der Waals surface area contributed by atoms with E-state index in [1.807, 2.05) is 96.7 Å². The number of hydrogen-bond donors (Lipinski definition) is 1. The van der Waals surface area contributed by atoms with Crippen LogP contribution in [0, 0.1) is 0 Å². The number of nitrogens with one attached hydrogen (secondary N) is 1. The molecule has 0 aromatic heterocycles. The van der Waals surface area contributed by atoms with Crippen LogP contribution in [0.5, 0.6) is 0 Å². The number of halogens is 1. The van der Waals surface area contributed by atoms with Crippen molar-refractivity contribution in [1.82, 2.24) is 4.90 Å². The molecule has 1 aliphatic heterocycles. The highest BCUT2D eigenvalue weighted by Gasteiger charge is 2.44. The van der Waals surface area contributed by atoms with E-state index >= 15 is 0 Å². The van der Waals surface area contributed by atoms with Gasteiger partial charge in [-0.1, -0.05) is 48.9 Å². The highest BCUT2D eigenvalue weighted by atomic mass is 35.5. The van der Waals surface area contributed by atoms with Crippen molar-refractivity contribution in [3.63, 3.8) is 0 Å². The van der Waals surface area contributed by atoms with Crippen molar-refractivity contribution in [3.05, 3.63) is 88.9 Å². The van der Waals surface area contributed by atoms with E-state index in [1.165, 1.54) is 10.5 Å². The van der Waals surface area contributed by atoms with E-state index < -0.39 is 6.04 Å². The van der Waals surface area contributed by atoms with E-state index in [-0.39, 0.29) is 18.2 Å².